The summed E-state index contributed by atoms with van der Waals surface area (Å²) in [4.78, 5) is 12.4. The molecule has 0 unspecified atom stereocenters. The Kier molecular flexibility index (Phi) is 5.85. The number of aromatic carboxylic acids is 1. The lowest BCUT2D eigenvalue weighted by atomic mass is 9.75. The highest BCUT2D eigenvalue weighted by Crippen LogP contribution is 2.55. The van der Waals surface area contributed by atoms with E-state index < -0.39 is 13.9 Å². The number of fused-ring (bicyclic) bond motifs is 4. The Morgan fingerprint density at radius 1 is 0.703 bits per heavy atom. The molecule has 2 aliphatic carbocycles. The van der Waals surface area contributed by atoms with Crippen LogP contribution in [0.15, 0.2) is 72.8 Å². The van der Waals surface area contributed by atoms with E-state index in [4.69, 9.17) is 0 Å². The van der Waals surface area contributed by atoms with Gasteiger partial charge in [-0.05, 0) is 106 Å². The summed E-state index contributed by atoms with van der Waals surface area (Å²) in [6.07, 6.45) is 3.91. The first-order chi connectivity index (χ1) is 17.8. The van der Waals surface area contributed by atoms with Crippen molar-refractivity contribution in [2.75, 3.05) is 0 Å². The highest BCUT2D eigenvalue weighted by atomic mass is 31.1. The van der Waals surface area contributed by atoms with Crippen LogP contribution in [0.3, 0.4) is 0 Å². The summed E-state index contributed by atoms with van der Waals surface area (Å²) in [5, 5.41) is 14.3. The Labute approximate surface area is 221 Å². The van der Waals surface area contributed by atoms with Crippen LogP contribution in [0, 0.1) is 27.7 Å². The Morgan fingerprint density at radius 2 is 1.19 bits per heavy atom. The van der Waals surface area contributed by atoms with Crippen LogP contribution >= 0.6 is 7.92 Å². The third kappa shape index (κ3) is 3.94. The molecule has 6 rings (SSSR count). The Hall–Kier alpha value is -3.22. The third-order valence-corrected chi connectivity index (χ3v) is 10.7. The van der Waals surface area contributed by atoms with Gasteiger partial charge in [-0.1, -0.05) is 89.0 Å². The molecule has 3 heteroatoms. The average Bonchev–Trinajstić information content (AvgIpc) is 3.40. The van der Waals surface area contributed by atoms with E-state index in [9.17, 15) is 9.90 Å². The predicted octanol–water partition coefficient (Wildman–Crippen LogP) is 6.56. The summed E-state index contributed by atoms with van der Waals surface area (Å²) in [6, 6.07) is 26.7. The zero-order valence-corrected chi connectivity index (χ0v) is 23.0. The first-order valence-corrected chi connectivity index (χ1v) is 14.6. The topological polar surface area (TPSA) is 37.3 Å². The van der Waals surface area contributed by atoms with Crippen molar-refractivity contribution < 1.29 is 9.90 Å². The van der Waals surface area contributed by atoms with Crippen LogP contribution < -0.4 is 15.9 Å². The first-order valence-electron chi connectivity index (χ1n) is 13.2. The lowest BCUT2D eigenvalue weighted by Crippen LogP contribution is -2.33. The number of hydrogen-bond acceptors (Lipinski definition) is 1. The van der Waals surface area contributed by atoms with Crippen LogP contribution in [0.25, 0.3) is 0 Å². The number of benzene rings is 4. The molecule has 4 aromatic carbocycles. The second-order valence-electron chi connectivity index (χ2n) is 11.1. The number of hydrogen-bond donors (Lipinski definition) is 1. The highest BCUT2D eigenvalue weighted by Gasteiger charge is 2.48. The van der Waals surface area contributed by atoms with Crippen LogP contribution in [-0.2, 0) is 18.3 Å². The maximum Gasteiger partial charge on any atom is 0.336 e. The molecule has 0 amide bonds. The molecule has 37 heavy (non-hydrogen) atoms. The van der Waals surface area contributed by atoms with Crippen LogP contribution in [0.2, 0.25) is 0 Å². The molecule has 2 nitrogen and oxygen atoms in total. The minimum absolute atomic E-state index is 0.228. The van der Waals surface area contributed by atoms with Gasteiger partial charge in [0.25, 0.3) is 0 Å². The molecule has 4 aromatic rings. The SMILES string of the molecule is Cc1cc(C)cc(P(c2cc(C)cc(C)c2)c2cccc3c2[C@@]2(CCc4cccc(C(=O)O)c42)CC3)c1. The van der Waals surface area contributed by atoms with Crippen molar-refractivity contribution >= 4 is 29.8 Å². The van der Waals surface area contributed by atoms with E-state index >= 15 is 0 Å². The van der Waals surface area contributed by atoms with Gasteiger partial charge in [0.1, 0.15) is 0 Å². The molecule has 0 saturated heterocycles. The minimum Gasteiger partial charge on any atom is -0.478 e. The van der Waals surface area contributed by atoms with Gasteiger partial charge in [0, 0.05) is 5.41 Å². The second kappa shape index (κ2) is 8.96. The standard InChI is InChI=1S/C34H33O2P/c1-21-15-22(2)18-27(17-21)37(28-19-23(3)16-24(4)20-28)30-10-6-8-26-12-14-34(32(26)30)13-11-25-7-5-9-29(31(25)34)33(35)36/h5-10,15-20H,11-14H2,1-4H3,(H,35,36)/t34-/m0/s1. The van der Waals surface area contributed by atoms with Gasteiger partial charge in [-0.25, -0.2) is 4.79 Å². The Morgan fingerprint density at radius 3 is 1.70 bits per heavy atom. The molecule has 1 atom stereocenters. The molecule has 0 saturated carbocycles. The molecule has 0 fully saturated rings. The molecule has 0 aliphatic heterocycles. The number of carboxylic acid groups (broad SMARTS) is 1. The van der Waals surface area contributed by atoms with Crippen LogP contribution in [0.4, 0.5) is 0 Å². The van der Waals surface area contributed by atoms with E-state index in [0.717, 1.165) is 31.2 Å². The summed E-state index contributed by atoms with van der Waals surface area (Å²) in [5.74, 6) is -0.810. The van der Waals surface area contributed by atoms with Gasteiger partial charge >= 0.3 is 5.97 Å². The molecular weight excluding hydrogens is 471 g/mol. The zero-order valence-electron chi connectivity index (χ0n) is 22.1. The van der Waals surface area contributed by atoms with E-state index in [1.807, 2.05) is 12.1 Å². The first kappa shape index (κ1) is 24.1. The van der Waals surface area contributed by atoms with Gasteiger partial charge in [-0.15, -0.1) is 0 Å². The van der Waals surface area contributed by atoms with Gasteiger partial charge in [-0.2, -0.15) is 0 Å². The lowest BCUT2D eigenvalue weighted by molar-refractivity contribution is 0.0694. The monoisotopic (exact) mass is 504 g/mol. The number of carbonyl (C=O) groups is 1. The molecule has 1 N–H and O–H groups in total. The molecule has 0 bridgehead atoms. The molecule has 0 radical (unpaired) electrons. The van der Waals surface area contributed by atoms with E-state index in [1.165, 1.54) is 54.9 Å². The second-order valence-corrected chi connectivity index (χ2v) is 13.3. The fourth-order valence-corrected chi connectivity index (χ4v) is 10.1. The van der Waals surface area contributed by atoms with E-state index in [2.05, 4.69) is 88.4 Å². The molecule has 0 heterocycles. The van der Waals surface area contributed by atoms with Crippen molar-refractivity contribution in [3.05, 3.63) is 123 Å². The Bertz CT molecular complexity index is 1470. The molecule has 186 valence electrons. The minimum atomic E-state index is -0.817. The lowest BCUT2D eigenvalue weighted by Gasteiger charge is -2.33. The molecule has 1 spiro atoms. The fraction of sp³-hybridized carbons (Fsp3) is 0.265. The summed E-state index contributed by atoms with van der Waals surface area (Å²) >= 11 is 0. The normalized spacial score (nSPS) is 17.9. The maximum atomic E-state index is 12.4. The van der Waals surface area contributed by atoms with Crippen LogP contribution in [0.1, 0.15) is 67.7 Å². The number of aryl methyl sites for hydroxylation is 6. The zero-order chi connectivity index (χ0) is 25.9. The van der Waals surface area contributed by atoms with Crippen molar-refractivity contribution in [3.63, 3.8) is 0 Å². The average molecular weight is 505 g/mol. The smallest absolute Gasteiger partial charge is 0.336 e. The summed E-state index contributed by atoms with van der Waals surface area (Å²) < 4.78 is 0. The van der Waals surface area contributed by atoms with Gasteiger partial charge in [0.05, 0.1) is 5.56 Å². The number of rotatable bonds is 4. The predicted molar refractivity (Wildman–Crippen MR) is 155 cm³/mol. The summed E-state index contributed by atoms with van der Waals surface area (Å²) in [6.45, 7) is 8.76. The fourth-order valence-electron chi connectivity index (χ4n) is 7.12. The van der Waals surface area contributed by atoms with Crippen molar-refractivity contribution in [3.8, 4) is 0 Å². The van der Waals surface area contributed by atoms with Crippen molar-refractivity contribution in [2.45, 2.75) is 58.8 Å². The maximum absolute atomic E-state index is 12.4. The van der Waals surface area contributed by atoms with Crippen molar-refractivity contribution in [2.24, 2.45) is 0 Å². The van der Waals surface area contributed by atoms with Crippen molar-refractivity contribution in [1.29, 1.82) is 0 Å². The van der Waals surface area contributed by atoms with E-state index in [-0.39, 0.29) is 5.41 Å². The molecule has 0 aromatic heterocycles. The van der Waals surface area contributed by atoms with Crippen LogP contribution in [-0.4, -0.2) is 11.1 Å². The van der Waals surface area contributed by atoms with E-state index in [1.54, 1.807) is 0 Å². The van der Waals surface area contributed by atoms with Gasteiger partial charge in [0.15, 0.2) is 0 Å². The number of carboxylic acids is 1. The van der Waals surface area contributed by atoms with Crippen molar-refractivity contribution in [1.82, 2.24) is 0 Å². The van der Waals surface area contributed by atoms with Gasteiger partial charge < -0.3 is 5.11 Å². The summed E-state index contributed by atoms with van der Waals surface area (Å²) in [5.41, 5.74) is 10.5. The van der Waals surface area contributed by atoms with Gasteiger partial charge in [0.2, 0.25) is 0 Å². The molecule has 2 aliphatic rings. The van der Waals surface area contributed by atoms with Crippen LogP contribution in [0.5, 0.6) is 0 Å². The summed E-state index contributed by atoms with van der Waals surface area (Å²) in [7, 11) is -0.817. The molecular formula is C34H33O2P. The van der Waals surface area contributed by atoms with E-state index in [0.29, 0.717) is 5.56 Å². The largest absolute Gasteiger partial charge is 0.478 e. The quantitative estimate of drug-likeness (QED) is 0.320. The Balaban J connectivity index is 1.66. The third-order valence-electron chi connectivity index (χ3n) is 8.28. The van der Waals surface area contributed by atoms with Gasteiger partial charge in [-0.3, -0.25) is 0 Å². The highest BCUT2D eigenvalue weighted by molar-refractivity contribution is 7.80.